The highest BCUT2D eigenvalue weighted by atomic mass is 32.2. The Kier molecular flexibility index (Phi) is 5.20. The van der Waals surface area contributed by atoms with Crippen LogP contribution < -0.4 is 0 Å². The summed E-state index contributed by atoms with van der Waals surface area (Å²) in [6.07, 6.45) is 1.10. The Labute approximate surface area is 117 Å². The molecule has 0 bridgehead atoms. The Morgan fingerprint density at radius 1 is 1.40 bits per heavy atom. The van der Waals surface area contributed by atoms with Gasteiger partial charge in [-0.1, -0.05) is 12.1 Å². The van der Waals surface area contributed by atoms with Gasteiger partial charge in [0, 0.05) is 38.4 Å². The first-order chi connectivity index (χ1) is 9.19. The number of rotatable bonds is 6. The first-order valence-corrected chi connectivity index (χ1v) is 7.91. The van der Waals surface area contributed by atoms with E-state index in [0.29, 0.717) is 5.56 Å². The summed E-state index contributed by atoms with van der Waals surface area (Å²) in [5.41, 5.74) is 0.525. The largest absolute Gasteiger partial charge is 0.338 e. The van der Waals surface area contributed by atoms with Gasteiger partial charge in [-0.15, -0.1) is 0 Å². The van der Waals surface area contributed by atoms with Crippen LogP contribution in [0.5, 0.6) is 0 Å². The molecule has 110 valence electrons. The van der Waals surface area contributed by atoms with Gasteiger partial charge >= 0.3 is 0 Å². The number of amides is 1. The van der Waals surface area contributed by atoms with Crippen LogP contribution in [0.25, 0.3) is 0 Å². The number of carbonyl (C=O) groups excluding carboxylic acids is 1. The van der Waals surface area contributed by atoms with E-state index < -0.39 is 14.8 Å². The third-order valence-electron chi connectivity index (χ3n) is 2.67. The van der Waals surface area contributed by atoms with Crippen molar-refractivity contribution in [3.05, 3.63) is 39.9 Å². The van der Waals surface area contributed by atoms with Crippen molar-refractivity contribution >= 4 is 21.4 Å². The molecule has 0 saturated heterocycles. The molecule has 1 aromatic rings. The topological polar surface area (TPSA) is 97.6 Å². The minimum Gasteiger partial charge on any atom is -0.338 e. The molecule has 0 aliphatic rings. The maximum absolute atomic E-state index is 11.5. The number of hydrogen-bond donors (Lipinski definition) is 0. The van der Waals surface area contributed by atoms with E-state index in [1.165, 1.54) is 30.0 Å². The Morgan fingerprint density at radius 3 is 2.55 bits per heavy atom. The van der Waals surface area contributed by atoms with Crippen LogP contribution in [-0.4, -0.2) is 42.7 Å². The molecule has 0 unspecified atom stereocenters. The zero-order valence-corrected chi connectivity index (χ0v) is 12.1. The lowest BCUT2D eigenvalue weighted by atomic mass is 10.2. The predicted octanol–water partition coefficient (Wildman–Crippen LogP) is 0.988. The summed E-state index contributed by atoms with van der Waals surface area (Å²) >= 11 is 0. The minimum absolute atomic E-state index is 0.0610. The van der Waals surface area contributed by atoms with Gasteiger partial charge in [0.05, 0.1) is 10.7 Å². The van der Waals surface area contributed by atoms with Crippen LogP contribution in [0.1, 0.15) is 12.5 Å². The van der Waals surface area contributed by atoms with Gasteiger partial charge in [-0.05, 0) is 5.56 Å². The summed E-state index contributed by atoms with van der Waals surface area (Å²) in [6.45, 7) is 1.54. The zero-order chi connectivity index (χ0) is 15.3. The fourth-order valence-electron chi connectivity index (χ4n) is 1.61. The van der Waals surface area contributed by atoms with Crippen molar-refractivity contribution in [1.29, 1.82) is 0 Å². The van der Waals surface area contributed by atoms with Gasteiger partial charge in [0.15, 0.2) is 0 Å². The van der Waals surface area contributed by atoms with Crippen molar-refractivity contribution in [2.75, 3.05) is 18.6 Å². The van der Waals surface area contributed by atoms with Gasteiger partial charge in [0.2, 0.25) is 5.91 Å². The van der Waals surface area contributed by atoms with Crippen LogP contribution in [0.3, 0.4) is 0 Å². The first-order valence-electron chi connectivity index (χ1n) is 5.85. The highest BCUT2D eigenvalue weighted by Gasteiger charge is 2.14. The summed E-state index contributed by atoms with van der Waals surface area (Å²) < 4.78 is 22.3. The van der Waals surface area contributed by atoms with E-state index in [9.17, 15) is 23.3 Å². The first kappa shape index (κ1) is 16.1. The van der Waals surface area contributed by atoms with Gasteiger partial charge in [0.25, 0.3) is 5.69 Å². The van der Waals surface area contributed by atoms with E-state index in [-0.39, 0.29) is 30.4 Å². The summed E-state index contributed by atoms with van der Waals surface area (Å²) in [5, 5.41) is 10.7. The lowest BCUT2D eigenvalue weighted by molar-refractivity contribution is -0.384. The standard InChI is InChI=1S/C12H16N2O5S/c1-10(15)13(6-7-20(2,18)19)9-11-4-3-5-12(8-11)14(16)17/h3-5,8H,6-7,9H2,1-2H3. The second-order valence-electron chi connectivity index (χ2n) is 4.50. The van der Waals surface area contributed by atoms with Crippen molar-refractivity contribution < 1.29 is 18.1 Å². The molecule has 1 rings (SSSR count). The van der Waals surface area contributed by atoms with Crippen molar-refractivity contribution in [2.45, 2.75) is 13.5 Å². The van der Waals surface area contributed by atoms with Gasteiger partial charge in [-0.3, -0.25) is 14.9 Å². The molecule has 0 atom stereocenters. The molecule has 0 radical (unpaired) electrons. The van der Waals surface area contributed by atoms with Crippen LogP contribution in [-0.2, 0) is 21.2 Å². The summed E-state index contributed by atoms with van der Waals surface area (Å²) in [5.74, 6) is -0.415. The van der Waals surface area contributed by atoms with Crippen LogP contribution in [0, 0.1) is 10.1 Å². The fourth-order valence-corrected chi connectivity index (χ4v) is 2.16. The van der Waals surface area contributed by atoms with Gasteiger partial charge in [-0.2, -0.15) is 0 Å². The molecule has 0 heterocycles. The number of benzene rings is 1. The van der Waals surface area contributed by atoms with Crippen LogP contribution in [0.2, 0.25) is 0 Å². The Balaban J connectivity index is 2.83. The van der Waals surface area contributed by atoms with Crippen LogP contribution in [0.4, 0.5) is 5.69 Å². The number of nitro groups is 1. The number of carbonyl (C=O) groups is 1. The normalized spacial score (nSPS) is 11.1. The minimum atomic E-state index is -3.17. The maximum atomic E-state index is 11.5. The predicted molar refractivity (Wildman–Crippen MR) is 73.9 cm³/mol. The lowest BCUT2D eigenvalue weighted by Gasteiger charge is -2.20. The third kappa shape index (κ3) is 5.35. The van der Waals surface area contributed by atoms with Gasteiger partial charge < -0.3 is 4.90 Å². The van der Waals surface area contributed by atoms with E-state index in [1.54, 1.807) is 6.07 Å². The van der Waals surface area contributed by atoms with Crippen molar-refractivity contribution in [3.8, 4) is 0 Å². The van der Waals surface area contributed by atoms with E-state index in [0.717, 1.165) is 6.26 Å². The second kappa shape index (κ2) is 6.47. The highest BCUT2D eigenvalue weighted by Crippen LogP contribution is 2.14. The van der Waals surface area contributed by atoms with E-state index >= 15 is 0 Å². The van der Waals surface area contributed by atoms with E-state index in [2.05, 4.69) is 0 Å². The van der Waals surface area contributed by atoms with E-state index in [4.69, 9.17) is 0 Å². The Morgan fingerprint density at radius 2 is 2.05 bits per heavy atom. The third-order valence-corrected chi connectivity index (χ3v) is 3.60. The average Bonchev–Trinajstić information content (AvgIpc) is 2.33. The van der Waals surface area contributed by atoms with Crippen molar-refractivity contribution in [1.82, 2.24) is 4.90 Å². The number of hydrogen-bond acceptors (Lipinski definition) is 5. The molecule has 20 heavy (non-hydrogen) atoms. The molecule has 0 fully saturated rings. The molecule has 1 aromatic carbocycles. The van der Waals surface area contributed by atoms with Crippen LogP contribution >= 0.6 is 0 Å². The molecule has 0 spiro atoms. The van der Waals surface area contributed by atoms with Gasteiger partial charge in [0.1, 0.15) is 9.84 Å². The van der Waals surface area contributed by atoms with E-state index in [1.807, 2.05) is 0 Å². The Bertz CT molecular complexity index is 612. The number of nitro benzene ring substituents is 1. The summed E-state index contributed by atoms with van der Waals surface area (Å²) in [7, 11) is -3.17. The van der Waals surface area contributed by atoms with Gasteiger partial charge in [-0.25, -0.2) is 8.42 Å². The average molecular weight is 300 g/mol. The Hall–Kier alpha value is -1.96. The molecule has 0 aliphatic heterocycles. The molecular formula is C12H16N2O5S. The summed E-state index contributed by atoms with van der Waals surface area (Å²) in [6, 6.07) is 5.92. The molecular weight excluding hydrogens is 284 g/mol. The second-order valence-corrected chi connectivity index (χ2v) is 6.76. The molecule has 0 aliphatic carbocycles. The monoisotopic (exact) mass is 300 g/mol. The highest BCUT2D eigenvalue weighted by molar-refractivity contribution is 7.90. The lowest BCUT2D eigenvalue weighted by Crippen LogP contribution is -2.32. The number of nitrogens with zero attached hydrogens (tertiary/aromatic N) is 2. The number of sulfone groups is 1. The molecule has 0 N–H and O–H groups in total. The molecule has 8 heteroatoms. The smallest absolute Gasteiger partial charge is 0.269 e. The summed E-state index contributed by atoms with van der Waals surface area (Å²) in [4.78, 5) is 23.0. The quantitative estimate of drug-likeness (QED) is 0.576. The molecule has 1 amide bonds. The van der Waals surface area contributed by atoms with Crippen LogP contribution in [0.15, 0.2) is 24.3 Å². The zero-order valence-electron chi connectivity index (χ0n) is 11.3. The maximum Gasteiger partial charge on any atom is 0.269 e. The molecule has 7 nitrogen and oxygen atoms in total. The fraction of sp³-hybridized carbons (Fsp3) is 0.417. The van der Waals surface area contributed by atoms with Crippen molar-refractivity contribution in [3.63, 3.8) is 0 Å². The SMILES string of the molecule is CC(=O)N(CCS(C)(=O)=O)Cc1cccc([N+](=O)[O-])c1. The number of non-ortho nitro benzene ring substituents is 1. The molecule has 0 aromatic heterocycles. The van der Waals surface area contributed by atoms with Crippen molar-refractivity contribution in [2.24, 2.45) is 0 Å². The molecule has 0 saturated carbocycles.